The Bertz CT molecular complexity index is 1210. The Morgan fingerprint density at radius 3 is 2.23 bits per heavy atom. The molecule has 9 nitrogen and oxygen atoms in total. The molecular formula is C29H37N3O6S. The Labute approximate surface area is 234 Å². The second-order valence-corrected chi connectivity index (χ2v) is 9.86. The van der Waals surface area contributed by atoms with E-state index in [1.807, 2.05) is 36.6 Å². The average molecular weight is 556 g/mol. The van der Waals surface area contributed by atoms with Gasteiger partial charge < -0.3 is 34.1 Å². The standard InChI is InChI=1S/C29H37N3O6S/c1-21-13-17-39-27(21)19-31(14-12-22-6-11-25(37-4)26(18-22)38-5)28(33)20-32(15-16-35-2)29(34)30-23-7-9-24(36-3)10-8-23/h6-11,13,17-18H,12,14-16,19-20H2,1-5H3,(H,30,34). The molecule has 0 unspecified atom stereocenters. The van der Waals surface area contributed by atoms with Gasteiger partial charge in [-0.2, -0.15) is 0 Å². The minimum atomic E-state index is -0.377. The van der Waals surface area contributed by atoms with Gasteiger partial charge in [-0.25, -0.2) is 4.79 Å². The largest absolute Gasteiger partial charge is 0.497 e. The number of hydrogen-bond donors (Lipinski definition) is 1. The fraction of sp³-hybridized carbons (Fsp3) is 0.379. The number of nitrogens with zero attached hydrogens (tertiary/aromatic N) is 2. The lowest BCUT2D eigenvalue weighted by Crippen LogP contribution is -2.46. The van der Waals surface area contributed by atoms with E-state index in [-0.39, 0.29) is 25.0 Å². The number of benzene rings is 2. The third kappa shape index (κ3) is 8.62. The first-order valence-electron chi connectivity index (χ1n) is 12.6. The van der Waals surface area contributed by atoms with E-state index in [2.05, 4.69) is 5.32 Å². The van der Waals surface area contributed by atoms with E-state index >= 15 is 0 Å². The Hall–Kier alpha value is -3.76. The lowest BCUT2D eigenvalue weighted by atomic mass is 10.1. The fourth-order valence-electron chi connectivity index (χ4n) is 3.93. The van der Waals surface area contributed by atoms with Crippen molar-refractivity contribution in [3.8, 4) is 17.2 Å². The van der Waals surface area contributed by atoms with E-state index < -0.39 is 0 Å². The molecule has 0 spiro atoms. The number of amides is 3. The molecule has 0 radical (unpaired) electrons. The van der Waals surface area contributed by atoms with Crippen molar-refractivity contribution in [2.24, 2.45) is 0 Å². The summed E-state index contributed by atoms with van der Waals surface area (Å²) in [6.45, 7) is 3.47. The van der Waals surface area contributed by atoms with Gasteiger partial charge in [-0.3, -0.25) is 4.79 Å². The van der Waals surface area contributed by atoms with Crippen molar-refractivity contribution in [1.82, 2.24) is 9.80 Å². The topological polar surface area (TPSA) is 89.6 Å². The van der Waals surface area contributed by atoms with Gasteiger partial charge in [0, 0.05) is 30.8 Å². The molecule has 3 rings (SSSR count). The van der Waals surface area contributed by atoms with E-state index in [0.29, 0.717) is 49.1 Å². The van der Waals surface area contributed by atoms with E-state index in [9.17, 15) is 9.59 Å². The van der Waals surface area contributed by atoms with Gasteiger partial charge in [-0.05, 0) is 72.3 Å². The summed E-state index contributed by atoms with van der Waals surface area (Å²) in [5.74, 6) is 1.83. The SMILES string of the molecule is COCCN(CC(=O)N(CCc1ccc(OC)c(OC)c1)Cc1sccc1C)C(=O)Nc1ccc(OC)cc1. The summed E-state index contributed by atoms with van der Waals surface area (Å²) in [5.41, 5.74) is 2.76. The molecule has 3 aromatic rings. The molecule has 2 aromatic carbocycles. The molecule has 0 saturated carbocycles. The highest BCUT2D eigenvalue weighted by Gasteiger charge is 2.23. The molecule has 0 aliphatic heterocycles. The number of aryl methyl sites for hydroxylation is 1. The lowest BCUT2D eigenvalue weighted by molar-refractivity contribution is -0.132. The summed E-state index contributed by atoms with van der Waals surface area (Å²) >= 11 is 1.62. The number of anilines is 1. The van der Waals surface area contributed by atoms with E-state index in [1.165, 1.54) is 4.90 Å². The summed E-state index contributed by atoms with van der Waals surface area (Å²) in [6.07, 6.45) is 0.618. The fourth-order valence-corrected chi connectivity index (χ4v) is 4.85. The number of urea groups is 1. The van der Waals surface area contributed by atoms with Crippen LogP contribution in [0.15, 0.2) is 53.9 Å². The summed E-state index contributed by atoms with van der Waals surface area (Å²) in [4.78, 5) is 31.2. The third-order valence-corrected chi connectivity index (χ3v) is 7.30. The van der Waals surface area contributed by atoms with Gasteiger partial charge in [0.15, 0.2) is 11.5 Å². The number of thiophene rings is 1. The van der Waals surface area contributed by atoms with Gasteiger partial charge in [0.05, 0.1) is 34.5 Å². The number of carbonyl (C=O) groups is 2. The molecule has 1 heterocycles. The van der Waals surface area contributed by atoms with Crippen LogP contribution in [0.25, 0.3) is 0 Å². The zero-order chi connectivity index (χ0) is 28.2. The van der Waals surface area contributed by atoms with Crippen LogP contribution in [0.5, 0.6) is 17.2 Å². The van der Waals surface area contributed by atoms with E-state index in [0.717, 1.165) is 16.0 Å². The van der Waals surface area contributed by atoms with Crippen LogP contribution in [0.2, 0.25) is 0 Å². The zero-order valence-electron chi connectivity index (χ0n) is 23.2. The maximum absolute atomic E-state index is 13.6. The molecule has 0 atom stereocenters. The number of rotatable bonds is 14. The van der Waals surface area contributed by atoms with Crippen LogP contribution < -0.4 is 19.5 Å². The number of nitrogens with one attached hydrogen (secondary N) is 1. The van der Waals surface area contributed by atoms with Crippen molar-refractivity contribution >= 4 is 29.0 Å². The molecule has 0 aliphatic carbocycles. The summed E-state index contributed by atoms with van der Waals surface area (Å²) in [6, 6.07) is 14.4. The molecule has 10 heteroatoms. The smallest absolute Gasteiger partial charge is 0.322 e. The summed E-state index contributed by atoms with van der Waals surface area (Å²) in [5, 5.41) is 4.89. The van der Waals surface area contributed by atoms with Crippen molar-refractivity contribution in [3.05, 3.63) is 69.9 Å². The van der Waals surface area contributed by atoms with Gasteiger partial charge in [-0.15, -0.1) is 11.3 Å². The second-order valence-electron chi connectivity index (χ2n) is 8.85. The molecule has 39 heavy (non-hydrogen) atoms. The highest BCUT2D eigenvalue weighted by molar-refractivity contribution is 7.10. The van der Waals surface area contributed by atoms with Crippen LogP contribution in [0.1, 0.15) is 16.0 Å². The van der Waals surface area contributed by atoms with E-state index in [1.54, 1.807) is 68.9 Å². The van der Waals surface area contributed by atoms with Crippen LogP contribution in [0.4, 0.5) is 10.5 Å². The molecule has 0 aliphatic rings. The molecule has 0 bridgehead atoms. The van der Waals surface area contributed by atoms with Crippen molar-refractivity contribution < 1.29 is 28.5 Å². The van der Waals surface area contributed by atoms with E-state index in [4.69, 9.17) is 18.9 Å². The van der Waals surface area contributed by atoms with Crippen LogP contribution >= 0.6 is 11.3 Å². The monoisotopic (exact) mass is 555 g/mol. The molecule has 0 fully saturated rings. The van der Waals surface area contributed by atoms with Crippen molar-refractivity contribution in [3.63, 3.8) is 0 Å². The van der Waals surface area contributed by atoms with Gasteiger partial charge in [0.25, 0.3) is 0 Å². The van der Waals surface area contributed by atoms with Crippen LogP contribution in [0.3, 0.4) is 0 Å². The molecular weight excluding hydrogens is 518 g/mol. The predicted octanol–water partition coefficient (Wildman–Crippen LogP) is 4.83. The Balaban J connectivity index is 1.75. The Morgan fingerprint density at radius 1 is 0.872 bits per heavy atom. The third-order valence-electron chi connectivity index (χ3n) is 6.29. The lowest BCUT2D eigenvalue weighted by Gasteiger charge is -2.28. The average Bonchev–Trinajstić information content (AvgIpc) is 3.37. The van der Waals surface area contributed by atoms with Crippen LogP contribution in [-0.2, 0) is 22.5 Å². The van der Waals surface area contributed by atoms with Crippen LogP contribution in [-0.4, -0.2) is 76.4 Å². The molecule has 210 valence electrons. The van der Waals surface area contributed by atoms with Gasteiger partial charge in [-0.1, -0.05) is 6.07 Å². The van der Waals surface area contributed by atoms with Crippen LogP contribution in [0, 0.1) is 6.92 Å². The number of ether oxygens (including phenoxy) is 4. The number of methoxy groups -OCH3 is 4. The normalized spacial score (nSPS) is 10.6. The molecule has 0 saturated heterocycles. The van der Waals surface area contributed by atoms with Gasteiger partial charge in [0.1, 0.15) is 12.3 Å². The van der Waals surface area contributed by atoms with Crippen molar-refractivity contribution in [2.75, 3.05) is 60.0 Å². The first-order valence-corrected chi connectivity index (χ1v) is 13.5. The molecule has 3 amide bonds. The minimum absolute atomic E-state index is 0.0816. The zero-order valence-corrected chi connectivity index (χ0v) is 24.0. The maximum atomic E-state index is 13.6. The second kappa shape index (κ2) is 15.0. The first-order chi connectivity index (χ1) is 18.9. The van der Waals surface area contributed by atoms with Gasteiger partial charge >= 0.3 is 6.03 Å². The predicted molar refractivity (Wildman–Crippen MR) is 153 cm³/mol. The van der Waals surface area contributed by atoms with Crippen molar-refractivity contribution in [2.45, 2.75) is 19.9 Å². The summed E-state index contributed by atoms with van der Waals surface area (Å²) < 4.78 is 21.2. The number of carbonyl (C=O) groups excluding carboxylic acids is 2. The molecule has 1 aromatic heterocycles. The Morgan fingerprint density at radius 2 is 1.62 bits per heavy atom. The highest BCUT2D eigenvalue weighted by Crippen LogP contribution is 2.28. The minimum Gasteiger partial charge on any atom is -0.497 e. The van der Waals surface area contributed by atoms with Crippen molar-refractivity contribution in [1.29, 1.82) is 0 Å². The maximum Gasteiger partial charge on any atom is 0.322 e. The Kier molecular flexibility index (Phi) is 11.4. The summed E-state index contributed by atoms with van der Waals surface area (Å²) in [7, 11) is 6.35. The quantitative estimate of drug-likeness (QED) is 0.306. The first kappa shape index (κ1) is 29.8. The van der Waals surface area contributed by atoms with Gasteiger partial charge in [0.2, 0.25) is 5.91 Å². The highest BCUT2D eigenvalue weighted by atomic mass is 32.1. The number of hydrogen-bond acceptors (Lipinski definition) is 7. The molecule has 1 N–H and O–H groups in total.